The number of hydrogen-bond acceptors (Lipinski definition) is 3. The second-order valence-corrected chi connectivity index (χ2v) is 6.47. The normalized spacial score (nSPS) is 10.6. The number of carboxylic acids is 1. The Labute approximate surface area is 122 Å². The highest BCUT2D eigenvalue weighted by atomic mass is 79.9. The lowest BCUT2D eigenvalue weighted by atomic mass is 10.1. The van der Waals surface area contributed by atoms with Gasteiger partial charge in [-0.3, -0.25) is 0 Å². The Kier molecular flexibility index (Phi) is 4.68. The van der Waals surface area contributed by atoms with Crippen LogP contribution in [0.4, 0.5) is 4.39 Å². The monoisotopic (exact) mass is 343 g/mol. The summed E-state index contributed by atoms with van der Waals surface area (Å²) in [5.41, 5.74) is 0.451. The Morgan fingerprint density at radius 1 is 1.32 bits per heavy atom. The van der Waals surface area contributed by atoms with Crippen molar-refractivity contribution < 1.29 is 14.3 Å². The molecule has 1 heterocycles. The van der Waals surface area contributed by atoms with Crippen molar-refractivity contribution >= 4 is 33.2 Å². The first kappa shape index (κ1) is 14.2. The molecule has 0 saturated carbocycles. The molecule has 0 bridgehead atoms. The number of hydrogen-bond donors (Lipinski definition) is 2. The van der Waals surface area contributed by atoms with Crippen LogP contribution in [0.3, 0.4) is 0 Å². The van der Waals surface area contributed by atoms with E-state index in [2.05, 4.69) is 21.2 Å². The van der Waals surface area contributed by atoms with Gasteiger partial charge < -0.3 is 10.4 Å². The highest BCUT2D eigenvalue weighted by molar-refractivity contribution is 9.11. The molecule has 19 heavy (non-hydrogen) atoms. The van der Waals surface area contributed by atoms with E-state index in [1.54, 1.807) is 11.3 Å². The number of rotatable bonds is 5. The summed E-state index contributed by atoms with van der Waals surface area (Å²) in [7, 11) is 0. The summed E-state index contributed by atoms with van der Waals surface area (Å²) < 4.78 is 14.6. The zero-order chi connectivity index (χ0) is 13.8. The van der Waals surface area contributed by atoms with Crippen LogP contribution in [0.5, 0.6) is 0 Å². The quantitative estimate of drug-likeness (QED) is 0.871. The van der Waals surface area contributed by atoms with Crippen LogP contribution >= 0.6 is 27.3 Å². The van der Waals surface area contributed by atoms with Gasteiger partial charge in [0.2, 0.25) is 0 Å². The molecule has 0 aliphatic heterocycles. The molecule has 0 amide bonds. The van der Waals surface area contributed by atoms with E-state index >= 15 is 0 Å². The second kappa shape index (κ2) is 6.27. The Morgan fingerprint density at radius 2 is 2.11 bits per heavy atom. The van der Waals surface area contributed by atoms with E-state index in [0.29, 0.717) is 18.7 Å². The standard InChI is InChI=1S/C13H11BrFNO2S/c14-12-4-2-10(19-12)7-16-6-9-5-8(13(17)18)1-3-11(9)15/h1-5,16H,6-7H2,(H,17,18). The number of carboxylic acid groups (broad SMARTS) is 1. The smallest absolute Gasteiger partial charge is 0.335 e. The number of aromatic carboxylic acids is 1. The van der Waals surface area contributed by atoms with E-state index in [0.717, 1.165) is 8.66 Å². The molecule has 0 fully saturated rings. The summed E-state index contributed by atoms with van der Waals surface area (Å²) in [6.45, 7) is 0.912. The van der Waals surface area contributed by atoms with Gasteiger partial charge in [-0.25, -0.2) is 9.18 Å². The lowest BCUT2D eigenvalue weighted by Gasteiger charge is -2.06. The SMILES string of the molecule is O=C(O)c1ccc(F)c(CNCc2ccc(Br)s2)c1. The fraction of sp³-hybridized carbons (Fsp3) is 0.154. The van der Waals surface area contributed by atoms with Crippen LogP contribution in [0.25, 0.3) is 0 Å². The van der Waals surface area contributed by atoms with E-state index in [1.807, 2.05) is 12.1 Å². The van der Waals surface area contributed by atoms with Crippen molar-refractivity contribution in [1.29, 1.82) is 0 Å². The Hall–Kier alpha value is -1.24. The molecule has 6 heteroatoms. The molecule has 1 aromatic heterocycles. The second-order valence-electron chi connectivity index (χ2n) is 3.92. The zero-order valence-corrected chi connectivity index (χ0v) is 12.2. The highest BCUT2D eigenvalue weighted by Gasteiger charge is 2.08. The molecule has 0 unspecified atom stereocenters. The zero-order valence-electron chi connectivity index (χ0n) is 9.82. The largest absolute Gasteiger partial charge is 0.478 e. The first-order chi connectivity index (χ1) is 9.06. The van der Waals surface area contributed by atoms with Gasteiger partial charge in [0.25, 0.3) is 0 Å². The molecule has 0 saturated heterocycles. The average molecular weight is 344 g/mol. The fourth-order valence-electron chi connectivity index (χ4n) is 1.61. The highest BCUT2D eigenvalue weighted by Crippen LogP contribution is 2.21. The Morgan fingerprint density at radius 3 is 2.74 bits per heavy atom. The van der Waals surface area contributed by atoms with Gasteiger partial charge in [-0.05, 0) is 46.3 Å². The number of thiophene rings is 1. The van der Waals surface area contributed by atoms with Crippen molar-refractivity contribution in [3.05, 3.63) is 55.9 Å². The van der Waals surface area contributed by atoms with Crippen molar-refractivity contribution in [2.75, 3.05) is 0 Å². The van der Waals surface area contributed by atoms with Crippen LogP contribution < -0.4 is 5.32 Å². The molecule has 2 aromatic rings. The third kappa shape index (κ3) is 3.86. The van der Waals surface area contributed by atoms with Crippen LogP contribution in [-0.4, -0.2) is 11.1 Å². The summed E-state index contributed by atoms with van der Waals surface area (Å²) in [5.74, 6) is -1.45. The topological polar surface area (TPSA) is 49.3 Å². The predicted octanol–water partition coefficient (Wildman–Crippen LogP) is 3.64. The number of nitrogens with one attached hydrogen (secondary N) is 1. The van der Waals surface area contributed by atoms with Crippen LogP contribution in [0.2, 0.25) is 0 Å². The molecule has 0 spiro atoms. The summed E-state index contributed by atoms with van der Waals surface area (Å²) in [5, 5.41) is 12.0. The molecule has 100 valence electrons. The van der Waals surface area contributed by atoms with E-state index < -0.39 is 11.8 Å². The van der Waals surface area contributed by atoms with Gasteiger partial charge in [-0.15, -0.1) is 11.3 Å². The molecule has 2 N–H and O–H groups in total. The molecule has 2 rings (SSSR count). The Bertz CT molecular complexity index is 600. The van der Waals surface area contributed by atoms with E-state index in [9.17, 15) is 9.18 Å². The molecule has 1 aromatic carbocycles. The third-order valence-corrected chi connectivity index (χ3v) is 4.16. The van der Waals surface area contributed by atoms with Crippen LogP contribution in [0.15, 0.2) is 34.1 Å². The van der Waals surface area contributed by atoms with Crippen molar-refractivity contribution in [2.24, 2.45) is 0 Å². The summed E-state index contributed by atoms with van der Waals surface area (Å²) in [4.78, 5) is 11.9. The minimum absolute atomic E-state index is 0.0945. The average Bonchev–Trinajstić information content (AvgIpc) is 2.77. The maximum Gasteiger partial charge on any atom is 0.335 e. The fourth-order valence-corrected chi connectivity index (χ4v) is 3.06. The summed E-state index contributed by atoms with van der Waals surface area (Å²) in [6, 6.07) is 7.73. The van der Waals surface area contributed by atoms with Crippen molar-refractivity contribution in [1.82, 2.24) is 5.32 Å². The van der Waals surface area contributed by atoms with Crippen LogP contribution in [-0.2, 0) is 13.1 Å². The number of benzene rings is 1. The maximum absolute atomic E-state index is 13.5. The van der Waals surface area contributed by atoms with Crippen LogP contribution in [0.1, 0.15) is 20.8 Å². The number of halogens is 2. The van der Waals surface area contributed by atoms with Gasteiger partial charge in [0, 0.05) is 23.5 Å². The van der Waals surface area contributed by atoms with Gasteiger partial charge in [-0.2, -0.15) is 0 Å². The lowest BCUT2D eigenvalue weighted by Crippen LogP contribution is -2.13. The summed E-state index contributed by atoms with van der Waals surface area (Å²) in [6.07, 6.45) is 0. The van der Waals surface area contributed by atoms with Crippen molar-refractivity contribution in [2.45, 2.75) is 13.1 Å². The first-order valence-electron chi connectivity index (χ1n) is 5.53. The van der Waals surface area contributed by atoms with Crippen molar-refractivity contribution in [3.63, 3.8) is 0 Å². The summed E-state index contributed by atoms with van der Waals surface area (Å²) >= 11 is 4.97. The minimum atomic E-state index is -1.05. The minimum Gasteiger partial charge on any atom is -0.478 e. The van der Waals surface area contributed by atoms with Crippen molar-refractivity contribution in [3.8, 4) is 0 Å². The van der Waals surface area contributed by atoms with E-state index in [1.165, 1.54) is 18.2 Å². The van der Waals surface area contributed by atoms with Gasteiger partial charge in [0.1, 0.15) is 5.82 Å². The molecule has 0 radical (unpaired) electrons. The lowest BCUT2D eigenvalue weighted by molar-refractivity contribution is 0.0696. The molecule has 0 aliphatic carbocycles. The van der Waals surface area contributed by atoms with E-state index in [-0.39, 0.29) is 5.56 Å². The van der Waals surface area contributed by atoms with E-state index in [4.69, 9.17) is 5.11 Å². The Balaban J connectivity index is 1.99. The van der Waals surface area contributed by atoms with Gasteiger partial charge >= 0.3 is 5.97 Å². The van der Waals surface area contributed by atoms with Gasteiger partial charge in [-0.1, -0.05) is 0 Å². The molecule has 0 aliphatic rings. The third-order valence-electron chi connectivity index (χ3n) is 2.54. The molecular formula is C13H11BrFNO2S. The molecule has 0 atom stereocenters. The van der Waals surface area contributed by atoms with Crippen LogP contribution in [0, 0.1) is 5.82 Å². The first-order valence-corrected chi connectivity index (χ1v) is 7.14. The predicted molar refractivity (Wildman–Crippen MR) is 75.9 cm³/mol. The molecule has 3 nitrogen and oxygen atoms in total. The van der Waals surface area contributed by atoms with Gasteiger partial charge in [0.05, 0.1) is 9.35 Å². The molecular weight excluding hydrogens is 333 g/mol. The number of carbonyl (C=O) groups is 1. The van der Waals surface area contributed by atoms with Gasteiger partial charge in [0.15, 0.2) is 0 Å². The maximum atomic E-state index is 13.5.